The predicted molar refractivity (Wildman–Crippen MR) is 103 cm³/mol. The van der Waals surface area contributed by atoms with Crippen LogP contribution in [0.2, 0.25) is 0 Å². The molecule has 1 aliphatic heterocycles. The number of rotatable bonds is 4. The normalized spacial score (nSPS) is 15.0. The minimum absolute atomic E-state index is 0.00787. The summed E-state index contributed by atoms with van der Waals surface area (Å²) in [5.74, 6) is 0.514. The number of hydrogen-bond acceptors (Lipinski definition) is 4. The number of oxazole rings is 1. The van der Waals surface area contributed by atoms with Gasteiger partial charge in [-0.3, -0.25) is 9.59 Å². The van der Waals surface area contributed by atoms with Crippen molar-refractivity contribution < 1.29 is 18.4 Å². The monoisotopic (exact) mass is 387 g/mol. The zero-order valence-corrected chi connectivity index (χ0v) is 16.6. The SMILES string of the molecule is CC(C)(C)C(=O)N1CCN(C(=O)CCc2ncc(-c3ccccc3F)o2)CC1. The van der Waals surface area contributed by atoms with Gasteiger partial charge in [0, 0.05) is 44.4 Å². The van der Waals surface area contributed by atoms with E-state index in [0.29, 0.717) is 49.8 Å². The van der Waals surface area contributed by atoms with Crippen LogP contribution in [-0.2, 0) is 16.0 Å². The van der Waals surface area contributed by atoms with Crippen molar-refractivity contribution in [1.29, 1.82) is 0 Å². The van der Waals surface area contributed by atoms with E-state index in [0.717, 1.165) is 0 Å². The number of benzene rings is 1. The third-order valence-corrected chi connectivity index (χ3v) is 4.81. The van der Waals surface area contributed by atoms with E-state index in [9.17, 15) is 14.0 Å². The summed E-state index contributed by atoms with van der Waals surface area (Å²) in [6, 6.07) is 6.34. The lowest BCUT2D eigenvalue weighted by Gasteiger charge is -2.37. The number of aryl methyl sites for hydroxylation is 1. The molecular formula is C21H26FN3O3. The highest BCUT2D eigenvalue weighted by Crippen LogP contribution is 2.24. The van der Waals surface area contributed by atoms with Crippen LogP contribution >= 0.6 is 0 Å². The van der Waals surface area contributed by atoms with Crippen molar-refractivity contribution in [2.45, 2.75) is 33.6 Å². The first-order valence-corrected chi connectivity index (χ1v) is 9.52. The molecular weight excluding hydrogens is 361 g/mol. The quantitative estimate of drug-likeness (QED) is 0.808. The Kier molecular flexibility index (Phi) is 5.82. The van der Waals surface area contributed by atoms with Gasteiger partial charge in [0.1, 0.15) is 5.82 Å². The Balaban J connectivity index is 1.51. The summed E-state index contributed by atoms with van der Waals surface area (Å²) in [7, 11) is 0. The van der Waals surface area contributed by atoms with Crippen molar-refractivity contribution in [3.05, 3.63) is 42.2 Å². The molecule has 1 fully saturated rings. The molecule has 0 atom stereocenters. The first kappa shape index (κ1) is 20.0. The van der Waals surface area contributed by atoms with E-state index in [1.54, 1.807) is 23.1 Å². The number of carbonyl (C=O) groups excluding carboxylic acids is 2. The van der Waals surface area contributed by atoms with Gasteiger partial charge >= 0.3 is 0 Å². The lowest BCUT2D eigenvalue weighted by molar-refractivity contribution is -0.144. The number of halogens is 1. The third-order valence-electron chi connectivity index (χ3n) is 4.81. The highest BCUT2D eigenvalue weighted by Gasteiger charge is 2.30. The fourth-order valence-electron chi connectivity index (χ4n) is 3.22. The zero-order valence-electron chi connectivity index (χ0n) is 16.6. The summed E-state index contributed by atoms with van der Waals surface area (Å²) in [5, 5.41) is 0. The van der Waals surface area contributed by atoms with Crippen molar-refractivity contribution in [3.8, 4) is 11.3 Å². The summed E-state index contributed by atoms with van der Waals surface area (Å²) in [6.07, 6.45) is 2.11. The second-order valence-electron chi connectivity index (χ2n) is 8.02. The maximum absolute atomic E-state index is 13.8. The fraction of sp³-hybridized carbons (Fsp3) is 0.476. The van der Waals surface area contributed by atoms with E-state index in [2.05, 4.69) is 4.98 Å². The molecule has 0 bridgehead atoms. The van der Waals surface area contributed by atoms with Crippen LogP contribution in [0.3, 0.4) is 0 Å². The van der Waals surface area contributed by atoms with Crippen LogP contribution in [0.4, 0.5) is 4.39 Å². The van der Waals surface area contributed by atoms with Gasteiger partial charge < -0.3 is 14.2 Å². The van der Waals surface area contributed by atoms with E-state index in [1.165, 1.54) is 12.3 Å². The van der Waals surface area contributed by atoms with Gasteiger partial charge in [-0.25, -0.2) is 9.37 Å². The first-order valence-electron chi connectivity index (χ1n) is 9.52. The van der Waals surface area contributed by atoms with Crippen molar-refractivity contribution >= 4 is 11.8 Å². The van der Waals surface area contributed by atoms with Crippen LogP contribution in [0.5, 0.6) is 0 Å². The number of hydrogen-bond donors (Lipinski definition) is 0. The van der Waals surface area contributed by atoms with Gasteiger partial charge in [0.05, 0.1) is 11.8 Å². The highest BCUT2D eigenvalue weighted by atomic mass is 19.1. The smallest absolute Gasteiger partial charge is 0.228 e. The molecule has 0 saturated carbocycles. The predicted octanol–water partition coefficient (Wildman–Crippen LogP) is 3.13. The van der Waals surface area contributed by atoms with Crippen LogP contribution in [0.25, 0.3) is 11.3 Å². The van der Waals surface area contributed by atoms with Crippen molar-refractivity contribution in [2.24, 2.45) is 5.41 Å². The maximum Gasteiger partial charge on any atom is 0.228 e. The van der Waals surface area contributed by atoms with Gasteiger partial charge in [0.2, 0.25) is 11.8 Å². The Morgan fingerprint density at radius 1 is 1.11 bits per heavy atom. The molecule has 1 aliphatic rings. The number of carbonyl (C=O) groups is 2. The van der Waals surface area contributed by atoms with Gasteiger partial charge in [0.25, 0.3) is 0 Å². The van der Waals surface area contributed by atoms with Crippen molar-refractivity contribution in [2.75, 3.05) is 26.2 Å². The average Bonchev–Trinajstić information content (AvgIpc) is 3.14. The first-order chi connectivity index (χ1) is 13.3. The van der Waals surface area contributed by atoms with Gasteiger partial charge in [-0.05, 0) is 12.1 Å². The Morgan fingerprint density at radius 2 is 1.75 bits per heavy atom. The lowest BCUT2D eigenvalue weighted by atomic mass is 9.94. The molecule has 150 valence electrons. The van der Waals surface area contributed by atoms with Gasteiger partial charge in [0.15, 0.2) is 11.7 Å². The number of amides is 2. The van der Waals surface area contributed by atoms with Crippen LogP contribution in [0.15, 0.2) is 34.9 Å². The Labute approximate surface area is 164 Å². The Morgan fingerprint density at radius 3 is 2.39 bits per heavy atom. The minimum Gasteiger partial charge on any atom is -0.441 e. The van der Waals surface area contributed by atoms with E-state index < -0.39 is 5.41 Å². The molecule has 6 nitrogen and oxygen atoms in total. The van der Waals surface area contributed by atoms with Crippen molar-refractivity contribution in [1.82, 2.24) is 14.8 Å². The van der Waals surface area contributed by atoms with E-state index in [4.69, 9.17) is 4.42 Å². The Bertz CT molecular complexity index is 849. The van der Waals surface area contributed by atoms with Crippen LogP contribution in [-0.4, -0.2) is 52.8 Å². The van der Waals surface area contributed by atoms with Gasteiger partial charge in [-0.15, -0.1) is 0 Å². The molecule has 0 radical (unpaired) electrons. The summed E-state index contributed by atoms with van der Waals surface area (Å²) >= 11 is 0. The molecule has 2 aromatic rings. The van der Waals surface area contributed by atoms with Gasteiger partial charge in [-0.1, -0.05) is 32.9 Å². The molecule has 0 spiro atoms. The average molecular weight is 387 g/mol. The number of piperazine rings is 1. The second-order valence-corrected chi connectivity index (χ2v) is 8.02. The van der Waals surface area contributed by atoms with E-state index in [-0.39, 0.29) is 24.1 Å². The third kappa shape index (κ3) is 4.58. The maximum atomic E-state index is 13.8. The topological polar surface area (TPSA) is 66.7 Å². The second kappa shape index (κ2) is 8.12. The number of aromatic nitrogens is 1. The molecule has 7 heteroatoms. The minimum atomic E-state index is -0.410. The summed E-state index contributed by atoms with van der Waals surface area (Å²) in [5.41, 5.74) is -0.0558. The van der Waals surface area contributed by atoms with E-state index in [1.807, 2.05) is 25.7 Å². The largest absolute Gasteiger partial charge is 0.441 e. The van der Waals surface area contributed by atoms with E-state index >= 15 is 0 Å². The highest BCUT2D eigenvalue weighted by molar-refractivity contribution is 5.82. The molecule has 1 aromatic carbocycles. The zero-order chi connectivity index (χ0) is 20.3. The van der Waals surface area contributed by atoms with Crippen LogP contribution < -0.4 is 0 Å². The molecule has 2 amide bonds. The standard InChI is InChI=1S/C21H26FN3O3/c1-21(2,3)20(27)25-12-10-24(11-13-25)19(26)9-8-18-23-14-17(28-18)15-6-4-5-7-16(15)22/h4-7,14H,8-13H2,1-3H3. The number of nitrogens with zero attached hydrogens (tertiary/aromatic N) is 3. The summed E-state index contributed by atoms with van der Waals surface area (Å²) in [4.78, 5) is 32.5. The molecule has 2 heterocycles. The van der Waals surface area contributed by atoms with Crippen LogP contribution in [0, 0.1) is 11.2 Å². The molecule has 1 saturated heterocycles. The summed E-state index contributed by atoms with van der Waals surface area (Å²) in [6.45, 7) is 7.88. The molecule has 1 aromatic heterocycles. The molecule has 28 heavy (non-hydrogen) atoms. The summed E-state index contributed by atoms with van der Waals surface area (Å²) < 4.78 is 19.4. The molecule has 0 unspecified atom stereocenters. The Hall–Kier alpha value is -2.70. The molecule has 0 aliphatic carbocycles. The molecule has 3 rings (SSSR count). The van der Waals surface area contributed by atoms with Gasteiger partial charge in [-0.2, -0.15) is 0 Å². The van der Waals surface area contributed by atoms with Crippen LogP contribution in [0.1, 0.15) is 33.1 Å². The lowest BCUT2D eigenvalue weighted by Crippen LogP contribution is -2.53. The fourth-order valence-corrected chi connectivity index (χ4v) is 3.22. The van der Waals surface area contributed by atoms with Crippen molar-refractivity contribution in [3.63, 3.8) is 0 Å². The molecule has 0 N–H and O–H groups in total.